The molecule has 1 aromatic carbocycles. The minimum atomic E-state index is 0.00819. The zero-order valence-electron chi connectivity index (χ0n) is 11.6. The summed E-state index contributed by atoms with van der Waals surface area (Å²) in [6.07, 6.45) is 2.37. The fourth-order valence-electron chi connectivity index (χ4n) is 2.61. The van der Waals surface area contributed by atoms with Crippen LogP contribution < -0.4 is 11.3 Å². The number of nitrogens with two attached hydrogens (primary N) is 1. The predicted octanol–water partition coefficient (Wildman–Crippen LogP) is 1.14. The molecule has 1 heterocycles. The van der Waals surface area contributed by atoms with Gasteiger partial charge >= 0.3 is 0 Å². The lowest BCUT2D eigenvalue weighted by molar-refractivity contribution is 0.0762. The maximum atomic E-state index is 12.4. The van der Waals surface area contributed by atoms with Crippen LogP contribution in [0.3, 0.4) is 0 Å². The van der Waals surface area contributed by atoms with Gasteiger partial charge in [-0.25, -0.2) is 0 Å². The molecule has 3 N–H and O–H groups in total. The van der Waals surface area contributed by atoms with E-state index in [1.807, 2.05) is 25.2 Å². The van der Waals surface area contributed by atoms with Crippen LogP contribution in [0.4, 0.5) is 5.69 Å². The van der Waals surface area contributed by atoms with Crippen molar-refractivity contribution in [2.75, 3.05) is 32.6 Å². The van der Waals surface area contributed by atoms with Crippen LogP contribution in [-0.4, -0.2) is 48.9 Å². The number of nitrogens with zero attached hydrogens (tertiary/aromatic N) is 2. The Labute approximate surface area is 114 Å². The molecular formula is C14H22N4O. The summed E-state index contributed by atoms with van der Waals surface area (Å²) in [5, 5.41) is 0. The third kappa shape index (κ3) is 3.05. The van der Waals surface area contributed by atoms with Crippen molar-refractivity contribution in [3.8, 4) is 0 Å². The van der Waals surface area contributed by atoms with Gasteiger partial charge in [-0.2, -0.15) is 0 Å². The Kier molecular flexibility index (Phi) is 4.39. The van der Waals surface area contributed by atoms with Crippen LogP contribution in [0.15, 0.2) is 24.3 Å². The summed E-state index contributed by atoms with van der Waals surface area (Å²) < 4.78 is 0. The first-order valence-corrected chi connectivity index (χ1v) is 6.65. The number of amides is 1. The van der Waals surface area contributed by atoms with Gasteiger partial charge in [0.05, 0.1) is 11.3 Å². The zero-order valence-corrected chi connectivity index (χ0v) is 11.6. The summed E-state index contributed by atoms with van der Waals surface area (Å²) in [5.74, 6) is 5.45. The SMILES string of the molecule is CN(CC1CCCN1C)C(=O)c1ccccc1NN. The minimum Gasteiger partial charge on any atom is -0.340 e. The number of benzene rings is 1. The van der Waals surface area contributed by atoms with E-state index in [9.17, 15) is 4.79 Å². The van der Waals surface area contributed by atoms with Gasteiger partial charge in [0.25, 0.3) is 5.91 Å². The van der Waals surface area contributed by atoms with E-state index in [4.69, 9.17) is 5.84 Å². The lowest BCUT2D eigenvalue weighted by Crippen LogP contribution is -2.39. The molecule has 1 aliphatic heterocycles. The summed E-state index contributed by atoms with van der Waals surface area (Å²) in [6.45, 7) is 1.88. The standard InChI is InChI=1S/C14H22N4O/c1-17-9-5-6-11(17)10-18(2)14(19)12-7-3-4-8-13(12)16-15/h3-4,7-8,11,16H,5-6,9-10,15H2,1-2H3. The molecular weight excluding hydrogens is 240 g/mol. The van der Waals surface area contributed by atoms with Crippen LogP contribution >= 0.6 is 0 Å². The molecule has 1 fully saturated rings. The average molecular weight is 262 g/mol. The quantitative estimate of drug-likeness (QED) is 0.631. The number of rotatable bonds is 4. The fraction of sp³-hybridized carbons (Fsp3) is 0.500. The number of hydrogen-bond acceptors (Lipinski definition) is 4. The zero-order chi connectivity index (χ0) is 13.8. The highest BCUT2D eigenvalue weighted by Crippen LogP contribution is 2.19. The molecule has 1 atom stereocenters. The van der Waals surface area contributed by atoms with Gasteiger partial charge in [0, 0.05) is 19.6 Å². The second-order valence-corrected chi connectivity index (χ2v) is 5.15. The number of carbonyl (C=O) groups excluding carboxylic acids is 1. The highest BCUT2D eigenvalue weighted by molar-refractivity contribution is 5.99. The van der Waals surface area contributed by atoms with E-state index in [0.717, 1.165) is 19.5 Å². The lowest BCUT2D eigenvalue weighted by atomic mass is 10.1. The maximum absolute atomic E-state index is 12.4. The van der Waals surface area contributed by atoms with Gasteiger partial charge in [0.15, 0.2) is 0 Å². The molecule has 2 rings (SSSR count). The van der Waals surface area contributed by atoms with Gasteiger partial charge in [-0.3, -0.25) is 10.6 Å². The second kappa shape index (κ2) is 6.04. The van der Waals surface area contributed by atoms with E-state index in [0.29, 0.717) is 17.3 Å². The minimum absolute atomic E-state index is 0.00819. The Balaban J connectivity index is 2.06. The smallest absolute Gasteiger partial charge is 0.255 e. The summed E-state index contributed by atoms with van der Waals surface area (Å²) in [6, 6.07) is 7.78. The lowest BCUT2D eigenvalue weighted by Gasteiger charge is -2.26. The molecule has 19 heavy (non-hydrogen) atoms. The van der Waals surface area contributed by atoms with E-state index in [-0.39, 0.29) is 5.91 Å². The van der Waals surface area contributed by atoms with E-state index in [2.05, 4.69) is 17.4 Å². The number of nitrogens with one attached hydrogen (secondary N) is 1. The first-order chi connectivity index (χ1) is 9.13. The predicted molar refractivity (Wildman–Crippen MR) is 76.9 cm³/mol. The molecule has 0 radical (unpaired) electrons. The molecule has 104 valence electrons. The van der Waals surface area contributed by atoms with Crippen LogP contribution in [-0.2, 0) is 0 Å². The number of hydrazine groups is 1. The third-order valence-corrected chi connectivity index (χ3v) is 3.82. The van der Waals surface area contributed by atoms with E-state index >= 15 is 0 Å². The van der Waals surface area contributed by atoms with E-state index in [1.165, 1.54) is 6.42 Å². The van der Waals surface area contributed by atoms with Crippen molar-refractivity contribution >= 4 is 11.6 Å². The number of nitrogen functional groups attached to an aromatic ring is 1. The van der Waals surface area contributed by atoms with Crippen LogP contribution in [0.2, 0.25) is 0 Å². The number of anilines is 1. The highest BCUT2D eigenvalue weighted by Gasteiger charge is 2.24. The molecule has 0 saturated carbocycles. The molecule has 5 nitrogen and oxygen atoms in total. The van der Waals surface area contributed by atoms with Crippen LogP contribution in [0.25, 0.3) is 0 Å². The Morgan fingerprint density at radius 3 is 2.89 bits per heavy atom. The first-order valence-electron chi connectivity index (χ1n) is 6.65. The number of para-hydroxylation sites is 1. The molecule has 1 aromatic rings. The van der Waals surface area contributed by atoms with Gasteiger partial charge in [-0.15, -0.1) is 0 Å². The molecule has 5 heteroatoms. The van der Waals surface area contributed by atoms with E-state index < -0.39 is 0 Å². The molecule has 0 spiro atoms. The number of likely N-dealkylation sites (tertiary alicyclic amines) is 1. The second-order valence-electron chi connectivity index (χ2n) is 5.15. The third-order valence-electron chi connectivity index (χ3n) is 3.82. The first kappa shape index (κ1) is 13.8. The van der Waals surface area contributed by atoms with Gasteiger partial charge in [-0.1, -0.05) is 12.1 Å². The molecule has 1 saturated heterocycles. The van der Waals surface area contributed by atoms with Crippen molar-refractivity contribution in [1.29, 1.82) is 0 Å². The number of hydrogen-bond donors (Lipinski definition) is 2. The fourth-order valence-corrected chi connectivity index (χ4v) is 2.61. The van der Waals surface area contributed by atoms with Crippen molar-refractivity contribution in [3.63, 3.8) is 0 Å². The van der Waals surface area contributed by atoms with Gasteiger partial charge < -0.3 is 15.2 Å². The number of carbonyl (C=O) groups is 1. The van der Waals surface area contributed by atoms with Crippen molar-refractivity contribution in [2.45, 2.75) is 18.9 Å². The van der Waals surface area contributed by atoms with Crippen LogP contribution in [0.5, 0.6) is 0 Å². The molecule has 1 aliphatic rings. The van der Waals surface area contributed by atoms with Crippen molar-refractivity contribution < 1.29 is 4.79 Å². The Morgan fingerprint density at radius 2 is 2.26 bits per heavy atom. The van der Waals surface area contributed by atoms with Gasteiger partial charge in [-0.05, 0) is 38.6 Å². The monoisotopic (exact) mass is 262 g/mol. The Morgan fingerprint density at radius 1 is 1.53 bits per heavy atom. The molecule has 0 aromatic heterocycles. The van der Waals surface area contributed by atoms with Crippen molar-refractivity contribution in [1.82, 2.24) is 9.80 Å². The van der Waals surface area contributed by atoms with Crippen molar-refractivity contribution in [2.24, 2.45) is 5.84 Å². The van der Waals surface area contributed by atoms with Gasteiger partial charge in [0.1, 0.15) is 0 Å². The summed E-state index contributed by atoms with van der Waals surface area (Å²) in [4.78, 5) is 16.5. The van der Waals surface area contributed by atoms with Crippen LogP contribution in [0, 0.1) is 0 Å². The molecule has 0 bridgehead atoms. The molecule has 1 unspecified atom stereocenters. The molecule has 1 amide bonds. The summed E-state index contributed by atoms with van der Waals surface area (Å²) in [5.41, 5.74) is 3.86. The van der Waals surface area contributed by atoms with Gasteiger partial charge in [0.2, 0.25) is 0 Å². The maximum Gasteiger partial charge on any atom is 0.255 e. The average Bonchev–Trinajstić information content (AvgIpc) is 2.83. The highest BCUT2D eigenvalue weighted by atomic mass is 16.2. The number of likely N-dealkylation sites (N-methyl/N-ethyl adjacent to an activating group) is 2. The Bertz CT molecular complexity index is 449. The summed E-state index contributed by atoms with van der Waals surface area (Å²) in [7, 11) is 3.97. The summed E-state index contributed by atoms with van der Waals surface area (Å²) >= 11 is 0. The topological polar surface area (TPSA) is 61.6 Å². The van der Waals surface area contributed by atoms with Crippen molar-refractivity contribution in [3.05, 3.63) is 29.8 Å². The Hall–Kier alpha value is -1.59. The van der Waals surface area contributed by atoms with Crippen LogP contribution in [0.1, 0.15) is 23.2 Å². The van der Waals surface area contributed by atoms with E-state index in [1.54, 1.807) is 11.0 Å². The molecule has 0 aliphatic carbocycles. The normalized spacial score (nSPS) is 19.4. The largest absolute Gasteiger partial charge is 0.340 e.